The molecule has 1 aliphatic heterocycles. The van der Waals surface area contributed by atoms with Crippen LogP contribution < -0.4 is 5.32 Å². The highest BCUT2D eigenvalue weighted by molar-refractivity contribution is 8.27. The standard InChI is InChI=1S/C14H19NO3S2/c1-2-18-13(17)11(14-19-8-9-20-14)12(16)15-10-6-4-3-5-7-10/h8-10H,2-7H2,1H3,(H,15,16). The van der Waals surface area contributed by atoms with Gasteiger partial charge >= 0.3 is 5.97 Å². The van der Waals surface area contributed by atoms with Crippen LogP contribution in [0.4, 0.5) is 0 Å². The van der Waals surface area contributed by atoms with E-state index >= 15 is 0 Å². The largest absolute Gasteiger partial charge is 0.462 e. The van der Waals surface area contributed by atoms with Crippen LogP contribution in [-0.4, -0.2) is 24.5 Å². The molecule has 20 heavy (non-hydrogen) atoms. The summed E-state index contributed by atoms with van der Waals surface area (Å²) >= 11 is 2.79. The lowest BCUT2D eigenvalue weighted by Crippen LogP contribution is -2.39. The van der Waals surface area contributed by atoms with Crippen LogP contribution in [0.5, 0.6) is 0 Å². The van der Waals surface area contributed by atoms with Gasteiger partial charge in [-0.2, -0.15) is 0 Å². The minimum atomic E-state index is -0.528. The van der Waals surface area contributed by atoms with Crippen molar-refractivity contribution in [2.75, 3.05) is 6.61 Å². The third-order valence-electron chi connectivity index (χ3n) is 3.26. The first-order valence-electron chi connectivity index (χ1n) is 6.93. The van der Waals surface area contributed by atoms with Gasteiger partial charge in [-0.15, -0.1) is 0 Å². The zero-order chi connectivity index (χ0) is 14.4. The Morgan fingerprint density at radius 2 is 1.90 bits per heavy atom. The second kappa shape index (κ2) is 7.78. The zero-order valence-electron chi connectivity index (χ0n) is 11.5. The van der Waals surface area contributed by atoms with Crippen molar-refractivity contribution in [3.05, 3.63) is 20.6 Å². The molecule has 0 aromatic carbocycles. The fraction of sp³-hybridized carbons (Fsp3) is 0.571. The van der Waals surface area contributed by atoms with E-state index in [2.05, 4.69) is 5.32 Å². The Labute approximate surface area is 127 Å². The zero-order valence-corrected chi connectivity index (χ0v) is 13.1. The SMILES string of the molecule is CCOC(=O)C(C(=O)NC1CCCCC1)=C1SC=CS1. The molecule has 0 unspecified atom stereocenters. The predicted octanol–water partition coefficient (Wildman–Crippen LogP) is 3.16. The van der Waals surface area contributed by atoms with Crippen LogP contribution in [0.2, 0.25) is 0 Å². The summed E-state index contributed by atoms with van der Waals surface area (Å²) in [4.78, 5) is 24.4. The van der Waals surface area contributed by atoms with Crippen LogP contribution in [-0.2, 0) is 14.3 Å². The molecular formula is C14H19NO3S2. The third-order valence-corrected chi connectivity index (χ3v) is 5.39. The lowest BCUT2D eigenvalue weighted by molar-refractivity contribution is -0.140. The average Bonchev–Trinajstić information content (AvgIpc) is 2.94. The van der Waals surface area contributed by atoms with Gasteiger partial charge in [0, 0.05) is 6.04 Å². The van der Waals surface area contributed by atoms with E-state index in [9.17, 15) is 9.59 Å². The Kier molecular flexibility index (Phi) is 6.04. The summed E-state index contributed by atoms with van der Waals surface area (Å²) in [6.07, 6.45) is 5.50. The normalized spacial score (nSPS) is 18.9. The van der Waals surface area contributed by atoms with E-state index in [0.717, 1.165) is 25.7 Å². The van der Waals surface area contributed by atoms with E-state index in [-0.39, 0.29) is 24.1 Å². The molecule has 1 heterocycles. The summed E-state index contributed by atoms with van der Waals surface area (Å²) in [7, 11) is 0. The molecule has 0 atom stereocenters. The highest BCUT2D eigenvalue weighted by Crippen LogP contribution is 2.40. The number of hydrogen-bond acceptors (Lipinski definition) is 5. The van der Waals surface area contributed by atoms with E-state index in [0.29, 0.717) is 4.24 Å². The van der Waals surface area contributed by atoms with E-state index < -0.39 is 5.97 Å². The van der Waals surface area contributed by atoms with Crippen molar-refractivity contribution in [3.63, 3.8) is 0 Å². The molecule has 0 aromatic rings. The maximum Gasteiger partial charge on any atom is 0.345 e. The van der Waals surface area contributed by atoms with Gasteiger partial charge in [-0.25, -0.2) is 4.79 Å². The molecule has 4 nitrogen and oxygen atoms in total. The first-order valence-corrected chi connectivity index (χ1v) is 8.69. The maximum atomic E-state index is 12.4. The van der Waals surface area contributed by atoms with Gasteiger partial charge in [0.15, 0.2) is 0 Å². The smallest absolute Gasteiger partial charge is 0.345 e. The number of hydrogen-bond donors (Lipinski definition) is 1. The Balaban J connectivity index is 2.07. The van der Waals surface area contributed by atoms with Crippen molar-refractivity contribution in [2.24, 2.45) is 0 Å². The summed E-state index contributed by atoms with van der Waals surface area (Å²) in [5, 5.41) is 6.72. The van der Waals surface area contributed by atoms with E-state index in [1.807, 2.05) is 10.8 Å². The van der Waals surface area contributed by atoms with Crippen molar-refractivity contribution in [1.82, 2.24) is 5.32 Å². The topological polar surface area (TPSA) is 55.4 Å². The van der Waals surface area contributed by atoms with Crippen LogP contribution >= 0.6 is 23.5 Å². The molecule has 1 fully saturated rings. The highest BCUT2D eigenvalue weighted by atomic mass is 32.2. The summed E-state index contributed by atoms with van der Waals surface area (Å²) in [5.74, 6) is -0.825. The van der Waals surface area contributed by atoms with E-state index in [4.69, 9.17) is 4.74 Å². The molecular weight excluding hydrogens is 294 g/mol. The van der Waals surface area contributed by atoms with Gasteiger partial charge in [-0.3, -0.25) is 4.79 Å². The summed E-state index contributed by atoms with van der Waals surface area (Å²) in [6, 6.07) is 0.186. The molecule has 0 spiro atoms. The van der Waals surface area contributed by atoms with Crippen LogP contribution in [0.15, 0.2) is 20.6 Å². The van der Waals surface area contributed by atoms with E-state index in [1.165, 1.54) is 29.9 Å². The van der Waals surface area contributed by atoms with Crippen molar-refractivity contribution >= 4 is 35.4 Å². The third kappa shape index (κ3) is 4.06. The van der Waals surface area contributed by atoms with Gasteiger partial charge in [0.05, 0.1) is 10.8 Å². The Hall–Kier alpha value is -0.880. The fourth-order valence-corrected chi connectivity index (χ4v) is 4.14. The molecule has 1 N–H and O–H groups in total. The second-order valence-electron chi connectivity index (χ2n) is 4.70. The van der Waals surface area contributed by atoms with Gasteiger partial charge in [0.25, 0.3) is 5.91 Å². The Morgan fingerprint density at radius 1 is 1.25 bits per heavy atom. The fourth-order valence-electron chi connectivity index (χ4n) is 2.30. The van der Waals surface area contributed by atoms with Crippen LogP contribution in [0.1, 0.15) is 39.0 Å². The molecule has 0 bridgehead atoms. The second-order valence-corrected chi connectivity index (χ2v) is 6.79. The molecule has 1 saturated carbocycles. The van der Waals surface area contributed by atoms with Crippen molar-refractivity contribution in [3.8, 4) is 0 Å². The Morgan fingerprint density at radius 3 is 2.50 bits per heavy atom. The molecule has 1 amide bonds. The van der Waals surface area contributed by atoms with Gasteiger partial charge in [0.1, 0.15) is 5.57 Å². The van der Waals surface area contributed by atoms with Crippen molar-refractivity contribution in [1.29, 1.82) is 0 Å². The quantitative estimate of drug-likeness (QED) is 0.374. The molecule has 110 valence electrons. The Bertz CT molecular complexity index is 430. The predicted molar refractivity (Wildman–Crippen MR) is 83.0 cm³/mol. The van der Waals surface area contributed by atoms with Gasteiger partial charge in [-0.1, -0.05) is 42.8 Å². The molecule has 1 aliphatic carbocycles. The van der Waals surface area contributed by atoms with E-state index in [1.54, 1.807) is 6.92 Å². The summed E-state index contributed by atoms with van der Waals surface area (Å²) < 4.78 is 5.72. The highest BCUT2D eigenvalue weighted by Gasteiger charge is 2.28. The number of nitrogens with one attached hydrogen (secondary N) is 1. The molecule has 6 heteroatoms. The minimum absolute atomic E-state index is 0.150. The number of rotatable bonds is 4. The van der Waals surface area contributed by atoms with Crippen molar-refractivity contribution in [2.45, 2.75) is 45.1 Å². The number of esters is 1. The molecule has 2 rings (SSSR count). The van der Waals surface area contributed by atoms with Crippen molar-refractivity contribution < 1.29 is 14.3 Å². The minimum Gasteiger partial charge on any atom is -0.462 e. The number of carbonyl (C=O) groups excluding carboxylic acids is 2. The summed E-state index contributed by atoms with van der Waals surface area (Å²) in [5.41, 5.74) is 0.150. The first kappa shape index (κ1) is 15.5. The van der Waals surface area contributed by atoms with Gasteiger partial charge in [0.2, 0.25) is 0 Å². The van der Waals surface area contributed by atoms with Crippen LogP contribution in [0, 0.1) is 0 Å². The number of amides is 1. The number of ether oxygens (including phenoxy) is 1. The average molecular weight is 313 g/mol. The monoisotopic (exact) mass is 313 g/mol. The summed E-state index contributed by atoms with van der Waals surface area (Å²) in [6.45, 7) is 2.02. The lowest BCUT2D eigenvalue weighted by Gasteiger charge is -2.23. The number of thioether (sulfide) groups is 2. The van der Waals surface area contributed by atoms with Gasteiger partial charge in [-0.05, 0) is 30.6 Å². The molecule has 0 saturated heterocycles. The molecule has 2 aliphatic rings. The lowest BCUT2D eigenvalue weighted by atomic mass is 9.95. The first-order chi connectivity index (χ1) is 9.72. The molecule has 0 aromatic heterocycles. The maximum absolute atomic E-state index is 12.4. The van der Waals surface area contributed by atoms with Gasteiger partial charge < -0.3 is 10.1 Å². The molecule has 0 radical (unpaired) electrons. The van der Waals surface area contributed by atoms with Crippen LogP contribution in [0.25, 0.3) is 0 Å². The van der Waals surface area contributed by atoms with Crippen LogP contribution in [0.3, 0.4) is 0 Å². The number of carbonyl (C=O) groups is 2.